The van der Waals surface area contributed by atoms with Gasteiger partial charge in [0.1, 0.15) is 5.75 Å². The molecule has 2 aromatic carbocycles. The number of carbonyl (C=O) groups is 1. The first-order valence-electron chi connectivity index (χ1n) is 8.60. The smallest absolute Gasteiger partial charge is 0.282 e. The number of ether oxygens (including phenoxy) is 1. The number of carbonyl (C=O) groups excluding carboxylic acids is 1. The number of thiazole rings is 1. The second kappa shape index (κ2) is 7.69. The van der Waals surface area contributed by atoms with E-state index in [0.717, 1.165) is 17.0 Å². The Bertz CT molecular complexity index is 1040. The first-order chi connectivity index (χ1) is 13.7. The van der Waals surface area contributed by atoms with Crippen molar-refractivity contribution in [3.8, 4) is 17.0 Å². The minimum Gasteiger partial charge on any atom is -0.497 e. The highest BCUT2D eigenvalue weighted by Crippen LogP contribution is 2.31. The van der Waals surface area contributed by atoms with E-state index in [9.17, 15) is 4.79 Å². The number of hydrogen-bond donors (Lipinski definition) is 0. The monoisotopic (exact) mass is 391 g/mol. The SMILES string of the molecule is COc1ccc(-c2csc(N3N=C(C)C(N=Nc4ccccc4)C3=O)n2)cc1. The Morgan fingerprint density at radius 2 is 1.86 bits per heavy atom. The maximum absolute atomic E-state index is 12.8. The van der Waals surface area contributed by atoms with Crippen molar-refractivity contribution >= 4 is 33.8 Å². The highest BCUT2D eigenvalue weighted by molar-refractivity contribution is 7.14. The van der Waals surface area contributed by atoms with Gasteiger partial charge in [-0.2, -0.15) is 20.3 Å². The van der Waals surface area contributed by atoms with Crippen LogP contribution in [-0.2, 0) is 4.79 Å². The first kappa shape index (κ1) is 18.0. The average molecular weight is 391 g/mol. The van der Waals surface area contributed by atoms with Crippen LogP contribution in [0.15, 0.2) is 75.3 Å². The fourth-order valence-electron chi connectivity index (χ4n) is 2.70. The standard InChI is InChI=1S/C20H17N5O2S/c1-13-18(23-22-15-6-4-3-5-7-15)19(26)25(24-13)20-21-17(12-28-20)14-8-10-16(27-2)11-9-14/h3-12,18H,1-2H3. The van der Waals surface area contributed by atoms with Crippen molar-refractivity contribution in [1.29, 1.82) is 0 Å². The van der Waals surface area contributed by atoms with Crippen LogP contribution in [0.25, 0.3) is 11.3 Å². The molecule has 0 fully saturated rings. The molecule has 1 amide bonds. The average Bonchev–Trinajstić information content (AvgIpc) is 3.32. The summed E-state index contributed by atoms with van der Waals surface area (Å²) in [6.07, 6.45) is 0. The van der Waals surface area contributed by atoms with E-state index in [0.29, 0.717) is 16.5 Å². The molecule has 1 atom stereocenters. The number of azo groups is 1. The van der Waals surface area contributed by atoms with E-state index < -0.39 is 6.04 Å². The molecular weight excluding hydrogens is 374 g/mol. The maximum atomic E-state index is 12.8. The summed E-state index contributed by atoms with van der Waals surface area (Å²) in [4.78, 5) is 17.3. The lowest BCUT2D eigenvalue weighted by molar-refractivity contribution is -0.117. The van der Waals surface area contributed by atoms with Gasteiger partial charge in [0.2, 0.25) is 5.13 Å². The van der Waals surface area contributed by atoms with Gasteiger partial charge in [-0.15, -0.1) is 11.3 Å². The zero-order chi connectivity index (χ0) is 19.5. The van der Waals surface area contributed by atoms with Crippen molar-refractivity contribution in [2.75, 3.05) is 12.1 Å². The fourth-order valence-corrected chi connectivity index (χ4v) is 3.49. The van der Waals surface area contributed by atoms with Crippen LogP contribution in [0.1, 0.15) is 6.92 Å². The third-order valence-corrected chi connectivity index (χ3v) is 5.02. The zero-order valence-corrected chi connectivity index (χ0v) is 16.1. The van der Waals surface area contributed by atoms with Gasteiger partial charge < -0.3 is 4.74 Å². The normalized spacial score (nSPS) is 16.6. The minimum atomic E-state index is -0.728. The third kappa shape index (κ3) is 3.54. The molecule has 28 heavy (non-hydrogen) atoms. The third-order valence-electron chi connectivity index (χ3n) is 4.20. The molecule has 8 heteroatoms. The quantitative estimate of drug-likeness (QED) is 0.592. The molecule has 2 heterocycles. The van der Waals surface area contributed by atoms with Gasteiger partial charge in [0.05, 0.1) is 24.2 Å². The maximum Gasteiger partial charge on any atom is 0.282 e. The Morgan fingerprint density at radius 1 is 1.11 bits per heavy atom. The Hall–Kier alpha value is -3.39. The van der Waals surface area contributed by atoms with E-state index >= 15 is 0 Å². The number of amides is 1. The number of nitrogens with zero attached hydrogens (tertiary/aromatic N) is 5. The highest BCUT2D eigenvalue weighted by atomic mass is 32.1. The molecule has 0 N–H and O–H groups in total. The summed E-state index contributed by atoms with van der Waals surface area (Å²) >= 11 is 1.36. The lowest BCUT2D eigenvalue weighted by atomic mass is 10.2. The number of aromatic nitrogens is 1. The van der Waals surface area contributed by atoms with Gasteiger partial charge in [-0.25, -0.2) is 4.98 Å². The predicted molar refractivity (Wildman–Crippen MR) is 109 cm³/mol. The summed E-state index contributed by atoms with van der Waals surface area (Å²) in [7, 11) is 1.63. The van der Waals surface area contributed by atoms with E-state index in [4.69, 9.17) is 4.74 Å². The van der Waals surface area contributed by atoms with E-state index in [1.54, 1.807) is 14.0 Å². The first-order valence-corrected chi connectivity index (χ1v) is 9.48. The second-order valence-electron chi connectivity index (χ2n) is 6.09. The lowest BCUT2D eigenvalue weighted by Gasteiger charge is -2.08. The predicted octanol–water partition coefficient (Wildman–Crippen LogP) is 4.69. The molecule has 0 aliphatic carbocycles. The van der Waals surface area contributed by atoms with Crippen molar-refractivity contribution in [2.24, 2.45) is 15.3 Å². The Morgan fingerprint density at radius 3 is 2.57 bits per heavy atom. The Labute approximate surface area is 166 Å². The van der Waals surface area contributed by atoms with E-state index in [1.165, 1.54) is 16.3 Å². The number of hydrogen-bond acceptors (Lipinski definition) is 7. The van der Waals surface area contributed by atoms with Crippen molar-refractivity contribution < 1.29 is 9.53 Å². The molecule has 1 aliphatic rings. The molecule has 140 valence electrons. The molecule has 1 unspecified atom stereocenters. The van der Waals surface area contributed by atoms with Crippen LogP contribution in [0.3, 0.4) is 0 Å². The summed E-state index contributed by atoms with van der Waals surface area (Å²) in [5.74, 6) is 0.522. The number of benzene rings is 2. The van der Waals surface area contributed by atoms with E-state index in [1.807, 2.05) is 60.0 Å². The van der Waals surface area contributed by atoms with Crippen LogP contribution in [0.2, 0.25) is 0 Å². The Balaban J connectivity index is 1.53. The van der Waals surface area contributed by atoms with Crippen LogP contribution >= 0.6 is 11.3 Å². The van der Waals surface area contributed by atoms with E-state index in [2.05, 4.69) is 20.3 Å². The van der Waals surface area contributed by atoms with Crippen molar-refractivity contribution in [1.82, 2.24) is 4.98 Å². The fraction of sp³-hybridized carbons (Fsp3) is 0.150. The van der Waals surface area contributed by atoms with Gasteiger partial charge >= 0.3 is 0 Å². The largest absolute Gasteiger partial charge is 0.497 e. The van der Waals surface area contributed by atoms with Crippen LogP contribution in [0.4, 0.5) is 10.8 Å². The van der Waals surface area contributed by atoms with Gasteiger partial charge in [-0.05, 0) is 43.3 Å². The summed E-state index contributed by atoms with van der Waals surface area (Å²) in [6, 6.07) is 16.2. The minimum absolute atomic E-state index is 0.257. The van der Waals surface area contributed by atoms with Gasteiger partial charge in [-0.1, -0.05) is 18.2 Å². The van der Waals surface area contributed by atoms with Gasteiger partial charge in [0, 0.05) is 10.9 Å². The van der Waals surface area contributed by atoms with Crippen LogP contribution < -0.4 is 9.75 Å². The number of methoxy groups -OCH3 is 1. The van der Waals surface area contributed by atoms with Gasteiger partial charge in [-0.3, -0.25) is 4.79 Å². The molecule has 0 radical (unpaired) electrons. The molecule has 3 aromatic rings. The van der Waals surface area contributed by atoms with Crippen LogP contribution in [0.5, 0.6) is 5.75 Å². The van der Waals surface area contributed by atoms with Crippen molar-refractivity contribution in [2.45, 2.75) is 13.0 Å². The summed E-state index contributed by atoms with van der Waals surface area (Å²) < 4.78 is 5.18. The molecule has 7 nitrogen and oxygen atoms in total. The second-order valence-corrected chi connectivity index (χ2v) is 6.93. The Kier molecular flexibility index (Phi) is 4.94. The molecule has 4 rings (SSSR count). The molecule has 0 saturated carbocycles. The number of hydrazone groups is 1. The van der Waals surface area contributed by atoms with Crippen molar-refractivity contribution in [3.63, 3.8) is 0 Å². The summed E-state index contributed by atoms with van der Waals surface area (Å²) in [5.41, 5.74) is 3.00. The number of rotatable bonds is 5. The zero-order valence-electron chi connectivity index (χ0n) is 15.3. The van der Waals surface area contributed by atoms with E-state index in [-0.39, 0.29) is 5.91 Å². The van der Waals surface area contributed by atoms with Gasteiger partial charge in [0.25, 0.3) is 5.91 Å². The molecule has 0 spiro atoms. The summed E-state index contributed by atoms with van der Waals surface area (Å²) in [6.45, 7) is 1.77. The highest BCUT2D eigenvalue weighted by Gasteiger charge is 2.36. The van der Waals surface area contributed by atoms with Gasteiger partial charge in [0.15, 0.2) is 6.04 Å². The molecular formula is C20H17N5O2S. The molecule has 0 bridgehead atoms. The lowest BCUT2D eigenvalue weighted by Crippen LogP contribution is -2.29. The molecule has 1 aliphatic heterocycles. The molecule has 1 aromatic heterocycles. The summed E-state index contributed by atoms with van der Waals surface area (Å²) in [5, 5.41) is 16.4. The number of anilines is 1. The molecule has 0 saturated heterocycles. The van der Waals surface area contributed by atoms with Crippen molar-refractivity contribution in [3.05, 3.63) is 60.0 Å². The topological polar surface area (TPSA) is 79.5 Å². The van der Waals surface area contributed by atoms with Crippen LogP contribution in [-0.4, -0.2) is 29.8 Å². The van der Waals surface area contributed by atoms with Crippen LogP contribution in [0, 0.1) is 0 Å².